The SMILES string of the molecule is CCNC(=O)C(C)NC1CCN(Cc2ccccc2)CC1. The van der Waals surface area contributed by atoms with Crippen molar-refractivity contribution in [3.05, 3.63) is 35.9 Å². The van der Waals surface area contributed by atoms with Crippen LogP contribution in [-0.4, -0.2) is 42.5 Å². The van der Waals surface area contributed by atoms with E-state index in [2.05, 4.69) is 45.9 Å². The van der Waals surface area contributed by atoms with Gasteiger partial charge in [-0.1, -0.05) is 30.3 Å². The maximum absolute atomic E-state index is 11.7. The number of nitrogens with zero attached hydrogens (tertiary/aromatic N) is 1. The van der Waals surface area contributed by atoms with E-state index in [1.54, 1.807) is 0 Å². The Morgan fingerprint density at radius 3 is 2.57 bits per heavy atom. The van der Waals surface area contributed by atoms with Gasteiger partial charge < -0.3 is 10.6 Å². The first-order valence-corrected chi connectivity index (χ1v) is 7.99. The number of nitrogens with one attached hydrogen (secondary N) is 2. The zero-order chi connectivity index (χ0) is 15.1. The zero-order valence-corrected chi connectivity index (χ0v) is 13.1. The quantitative estimate of drug-likeness (QED) is 0.839. The number of hydrogen-bond acceptors (Lipinski definition) is 3. The van der Waals surface area contributed by atoms with E-state index in [1.165, 1.54) is 5.56 Å². The van der Waals surface area contributed by atoms with Crippen molar-refractivity contribution in [2.45, 2.75) is 45.3 Å². The standard InChI is InChI=1S/C17H27N3O/c1-3-18-17(21)14(2)19-16-9-11-20(12-10-16)13-15-7-5-4-6-8-15/h4-8,14,16,19H,3,9-13H2,1-2H3,(H,18,21). The number of amides is 1. The van der Waals surface area contributed by atoms with Gasteiger partial charge in [0, 0.05) is 19.1 Å². The molecule has 1 atom stereocenters. The predicted octanol–water partition coefficient (Wildman–Crippen LogP) is 1.77. The lowest BCUT2D eigenvalue weighted by Gasteiger charge is -2.33. The van der Waals surface area contributed by atoms with Gasteiger partial charge in [-0.15, -0.1) is 0 Å². The van der Waals surface area contributed by atoms with Gasteiger partial charge in [0.1, 0.15) is 0 Å². The van der Waals surface area contributed by atoms with Crippen molar-refractivity contribution in [3.63, 3.8) is 0 Å². The van der Waals surface area contributed by atoms with Crippen LogP contribution in [0.1, 0.15) is 32.3 Å². The molecule has 4 heteroatoms. The molecule has 1 aliphatic rings. The van der Waals surface area contributed by atoms with Crippen LogP contribution in [0, 0.1) is 0 Å². The van der Waals surface area contributed by atoms with Crippen molar-refractivity contribution in [2.75, 3.05) is 19.6 Å². The highest BCUT2D eigenvalue weighted by Gasteiger charge is 2.22. The number of benzene rings is 1. The monoisotopic (exact) mass is 289 g/mol. The van der Waals surface area contributed by atoms with Crippen LogP contribution in [0.3, 0.4) is 0 Å². The van der Waals surface area contributed by atoms with E-state index in [1.807, 2.05) is 13.8 Å². The summed E-state index contributed by atoms with van der Waals surface area (Å²) < 4.78 is 0. The number of piperidine rings is 1. The van der Waals surface area contributed by atoms with E-state index >= 15 is 0 Å². The van der Waals surface area contributed by atoms with E-state index in [0.29, 0.717) is 12.6 Å². The number of carbonyl (C=O) groups excluding carboxylic acids is 1. The topological polar surface area (TPSA) is 44.4 Å². The number of carbonyl (C=O) groups is 1. The summed E-state index contributed by atoms with van der Waals surface area (Å²) in [5.41, 5.74) is 1.37. The van der Waals surface area contributed by atoms with Crippen molar-refractivity contribution in [1.29, 1.82) is 0 Å². The van der Waals surface area contributed by atoms with Crippen molar-refractivity contribution < 1.29 is 4.79 Å². The lowest BCUT2D eigenvalue weighted by molar-refractivity contribution is -0.122. The fraction of sp³-hybridized carbons (Fsp3) is 0.588. The summed E-state index contributed by atoms with van der Waals surface area (Å²) in [5, 5.41) is 6.31. The van der Waals surface area contributed by atoms with E-state index in [9.17, 15) is 4.79 Å². The highest BCUT2D eigenvalue weighted by atomic mass is 16.2. The Morgan fingerprint density at radius 1 is 1.29 bits per heavy atom. The maximum Gasteiger partial charge on any atom is 0.236 e. The van der Waals surface area contributed by atoms with Crippen LogP contribution in [0.2, 0.25) is 0 Å². The minimum atomic E-state index is -0.101. The number of likely N-dealkylation sites (tertiary alicyclic amines) is 1. The number of likely N-dealkylation sites (N-methyl/N-ethyl adjacent to an activating group) is 1. The first kappa shape index (κ1) is 16.0. The molecule has 1 aromatic carbocycles. The highest BCUT2D eigenvalue weighted by Crippen LogP contribution is 2.14. The van der Waals surface area contributed by atoms with Crippen LogP contribution < -0.4 is 10.6 Å². The third kappa shape index (κ3) is 5.14. The lowest BCUT2D eigenvalue weighted by atomic mass is 10.0. The van der Waals surface area contributed by atoms with E-state index in [0.717, 1.165) is 32.5 Å². The van der Waals surface area contributed by atoms with Crippen LogP contribution in [-0.2, 0) is 11.3 Å². The number of hydrogen-bond donors (Lipinski definition) is 2. The summed E-state index contributed by atoms with van der Waals surface area (Å²) in [7, 11) is 0. The summed E-state index contributed by atoms with van der Waals surface area (Å²) in [5.74, 6) is 0.101. The van der Waals surface area contributed by atoms with Crippen molar-refractivity contribution >= 4 is 5.91 Å². The second kappa shape index (κ2) is 8.15. The molecule has 0 aliphatic carbocycles. The van der Waals surface area contributed by atoms with Gasteiger partial charge in [-0.2, -0.15) is 0 Å². The Morgan fingerprint density at radius 2 is 1.95 bits per heavy atom. The molecule has 1 amide bonds. The smallest absolute Gasteiger partial charge is 0.236 e. The van der Waals surface area contributed by atoms with Gasteiger partial charge in [-0.25, -0.2) is 0 Å². The molecule has 21 heavy (non-hydrogen) atoms. The minimum absolute atomic E-state index is 0.101. The summed E-state index contributed by atoms with van der Waals surface area (Å²) in [4.78, 5) is 14.2. The lowest BCUT2D eigenvalue weighted by Crippen LogP contribution is -2.50. The predicted molar refractivity (Wildman–Crippen MR) is 86.0 cm³/mol. The van der Waals surface area contributed by atoms with Crippen LogP contribution in [0.15, 0.2) is 30.3 Å². The van der Waals surface area contributed by atoms with Gasteiger partial charge in [0.15, 0.2) is 0 Å². The Kier molecular flexibility index (Phi) is 6.21. The molecule has 1 fully saturated rings. The van der Waals surface area contributed by atoms with Crippen LogP contribution in [0.5, 0.6) is 0 Å². The second-order valence-corrected chi connectivity index (χ2v) is 5.82. The molecule has 0 saturated carbocycles. The highest BCUT2D eigenvalue weighted by molar-refractivity contribution is 5.81. The molecule has 1 heterocycles. The molecule has 116 valence electrons. The first-order chi connectivity index (χ1) is 10.2. The average molecular weight is 289 g/mol. The molecule has 2 N–H and O–H groups in total. The molecule has 1 unspecified atom stereocenters. The van der Waals surface area contributed by atoms with Crippen molar-refractivity contribution in [1.82, 2.24) is 15.5 Å². The molecule has 0 aromatic heterocycles. The van der Waals surface area contributed by atoms with Gasteiger partial charge in [0.25, 0.3) is 0 Å². The molecule has 2 rings (SSSR count). The first-order valence-electron chi connectivity index (χ1n) is 7.99. The molecule has 0 spiro atoms. The number of rotatable bonds is 6. The van der Waals surface area contributed by atoms with Gasteiger partial charge in [-0.05, 0) is 45.3 Å². The van der Waals surface area contributed by atoms with E-state index < -0.39 is 0 Å². The molecule has 0 bridgehead atoms. The molecule has 1 aliphatic heterocycles. The maximum atomic E-state index is 11.7. The van der Waals surface area contributed by atoms with Crippen LogP contribution in [0.4, 0.5) is 0 Å². The van der Waals surface area contributed by atoms with Gasteiger partial charge in [0.2, 0.25) is 5.91 Å². The Bertz CT molecular complexity index is 427. The fourth-order valence-corrected chi connectivity index (χ4v) is 2.86. The molecule has 1 saturated heterocycles. The van der Waals surface area contributed by atoms with E-state index in [-0.39, 0.29) is 11.9 Å². The summed E-state index contributed by atoms with van der Waals surface area (Å²) in [6.45, 7) is 7.80. The van der Waals surface area contributed by atoms with Crippen molar-refractivity contribution in [2.24, 2.45) is 0 Å². The van der Waals surface area contributed by atoms with Crippen LogP contribution >= 0.6 is 0 Å². The van der Waals surface area contributed by atoms with Crippen LogP contribution in [0.25, 0.3) is 0 Å². The molecule has 0 radical (unpaired) electrons. The zero-order valence-electron chi connectivity index (χ0n) is 13.1. The van der Waals surface area contributed by atoms with Gasteiger partial charge in [-0.3, -0.25) is 9.69 Å². The molecular formula is C17H27N3O. The Labute approximate surface area is 127 Å². The largest absolute Gasteiger partial charge is 0.355 e. The van der Waals surface area contributed by atoms with Crippen molar-refractivity contribution in [3.8, 4) is 0 Å². The third-order valence-electron chi connectivity index (χ3n) is 4.07. The van der Waals surface area contributed by atoms with E-state index in [4.69, 9.17) is 0 Å². The average Bonchev–Trinajstić information content (AvgIpc) is 2.50. The van der Waals surface area contributed by atoms with Gasteiger partial charge in [0.05, 0.1) is 6.04 Å². The third-order valence-corrected chi connectivity index (χ3v) is 4.07. The van der Waals surface area contributed by atoms with Gasteiger partial charge >= 0.3 is 0 Å². The summed E-state index contributed by atoms with van der Waals surface area (Å²) in [6.07, 6.45) is 2.22. The second-order valence-electron chi connectivity index (χ2n) is 5.82. The Balaban J connectivity index is 1.72. The normalized spacial score (nSPS) is 18.4. The summed E-state index contributed by atoms with van der Waals surface area (Å²) in [6, 6.07) is 11.0. The fourth-order valence-electron chi connectivity index (χ4n) is 2.86. The minimum Gasteiger partial charge on any atom is -0.355 e. The molecule has 1 aromatic rings. The Hall–Kier alpha value is -1.39. The summed E-state index contributed by atoms with van der Waals surface area (Å²) >= 11 is 0. The molecule has 4 nitrogen and oxygen atoms in total. The molecular weight excluding hydrogens is 262 g/mol.